The van der Waals surface area contributed by atoms with Crippen LogP contribution in [-0.4, -0.2) is 22.6 Å². The van der Waals surface area contributed by atoms with E-state index < -0.39 is 0 Å². The van der Waals surface area contributed by atoms with Crippen LogP contribution in [0.5, 0.6) is 0 Å². The van der Waals surface area contributed by atoms with Crippen molar-refractivity contribution in [2.75, 3.05) is 17.2 Å². The number of hydrogen-bond donors (Lipinski definition) is 1. The minimum Gasteiger partial charge on any atom is -0.383 e. The number of aryl methyl sites for hydroxylation is 1. The quantitative estimate of drug-likeness (QED) is 0.906. The second-order valence-corrected chi connectivity index (χ2v) is 5.47. The maximum absolute atomic E-state index is 6.07. The zero-order chi connectivity index (χ0) is 13.8. The molecule has 4 heteroatoms. The molecule has 4 nitrogen and oxygen atoms in total. The van der Waals surface area contributed by atoms with Gasteiger partial charge in [-0.1, -0.05) is 13.8 Å². The van der Waals surface area contributed by atoms with Crippen LogP contribution in [0.25, 0.3) is 0 Å². The summed E-state index contributed by atoms with van der Waals surface area (Å²) in [6, 6.07) is 0.608. The number of aromatic nitrogens is 2. The van der Waals surface area contributed by atoms with Gasteiger partial charge in [0, 0.05) is 24.6 Å². The van der Waals surface area contributed by atoms with Crippen LogP contribution in [0.2, 0.25) is 0 Å². The number of nitrogens with zero attached hydrogens (tertiary/aromatic N) is 3. The number of nitrogens with two attached hydrogens (primary N) is 1. The molecular formula is C15H26N4. The number of rotatable bonds is 4. The van der Waals surface area contributed by atoms with Gasteiger partial charge < -0.3 is 10.6 Å². The highest BCUT2D eigenvalue weighted by Crippen LogP contribution is 2.29. The Morgan fingerprint density at radius 2 is 2.05 bits per heavy atom. The average molecular weight is 262 g/mol. The third kappa shape index (κ3) is 2.99. The molecule has 106 valence electrons. The summed E-state index contributed by atoms with van der Waals surface area (Å²) in [6.45, 7) is 7.55. The molecular weight excluding hydrogens is 236 g/mol. The fourth-order valence-electron chi connectivity index (χ4n) is 2.89. The highest BCUT2D eigenvalue weighted by molar-refractivity contribution is 5.57. The van der Waals surface area contributed by atoms with E-state index in [9.17, 15) is 0 Å². The van der Waals surface area contributed by atoms with E-state index in [2.05, 4.69) is 23.7 Å². The molecule has 1 aromatic heterocycles. The molecule has 0 aliphatic carbocycles. The molecule has 0 bridgehead atoms. The standard InChI is InChI=1S/C15H26N4/c1-4-8-13-17-14(16)11(3)15(18-13)19-10-7-6-9-12(19)5-2/h12H,4-10H2,1-3H3,(H2,16,17,18). The van der Waals surface area contributed by atoms with E-state index in [-0.39, 0.29) is 0 Å². The highest BCUT2D eigenvalue weighted by atomic mass is 15.2. The van der Waals surface area contributed by atoms with Gasteiger partial charge in [-0.15, -0.1) is 0 Å². The summed E-state index contributed by atoms with van der Waals surface area (Å²) in [5.74, 6) is 2.61. The third-order valence-electron chi connectivity index (χ3n) is 4.05. The van der Waals surface area contributed by atoms with Gasteiger partial charge in [0.05, 0.1) is 0 Å². The second-order valence-electron chi connectivity index (χ2n) is 5.47. The number of hydrogen-bond acceptors (Lipinski definition) is 4. The first kappa shape index (κ1) is 14.1. The monoisotopic (exact) mass is 262 g/mol. The second kappa shape index (κ2) is 6.22. The van der Waals surface area contributed by atoms with Crippen LogP contribution in [0.1, 0.15) is 57.3 Å². The van der Waals surface area contributed by atoms with Gasteiger partial charge in [0.15, 0.2) is 0 Å². The molecule has 0 saturated carbocycles. The lowest BCUT2D eigenvalue weighted by atomic mass is 9.99. The lowest BCUT2D eigenvalue weighted by Gasteiger charge is -2.37. The van der Waals surface area contributed by atoms with E-state index in [1.807, 2.05) is 6.92 Å². The van der Waals surface area contributed by atoms with Gasteiger partial charge in [0.1, 0.15) is 17.5 Å². The Morgan fingerprint density at radius 3 is 2.74 bits per heavy atom. The van der Waals surface area contributed by atoms with Crippen molar-refractivity contribution in [2.24, 2.45) is 0 Å². The predicted octanol–water partition coefficient (Wildman–Crippen LogP) is 3.09. The van der Waals surface area contributed by atoms with E-state index in [1.54, 1.807) is 0 Å². The first-order valence-electron chi connectivity index (χ1n) is 7.57. The Balaban J connectivity index is 2.35. The van der Waals surface area contributed by atoms with Crippen molar-refractivity contribution in [1.29, 1.82) is 0 Å². The first-order valence-corrected chi connectivity index (χ1v) is 7.57. The first-order chi connectivity index (χ1) is 9.17. The van der Waals surface area contributed by atoms with E-state index in [4.69, 9.17) is 10.7 Å². The Hall–Kier alpha value is -1.32. The molecule has 2 N–H and O–H groups in total. The van der Waals surface area contributed by atoms with Crippen LogP contribution < -0.4 is 10.6 Å². The molecule has 2 rings (SSSR count). The van der Waals surface area contributed by atoms with Crippen molar-refractivity contribution in [3.63, 3.8) is 0 Å². The zero-order valence-electron chi connectivity index (χ0n) is 12.4. The molecule has 1 unspecified atom stereocenters. The Kier molecular flexibility index (Phi) is 4.61. The number of anilines is 2. The van der Waals surface area contributed by atoms with E-state index in [1.165, 1.54) is 25.7 Å². The topological polar surface area (TPSA) is 55.0 Å². The van der Waals surface area contributed by atoms with Crippen molar-refractivity contribution >= 4 is 11.6 Å². The normalized spacial score (nSPS) is 19.7. The molecule has 1 aromatic rings. The Bertz CT molecular complexity index is 430. The fraction of sp³-hybridized carbons (Fsp3) is 0.733. The summed E-state index contributed by atoms with van der Waals surface area (Å²) in [4.78, 5) is 11.6. The predicted molar refractivity (Wildman–Crippen MR) is 80.5 cm³/mol. The number of piperidine rings is 1. The van der Waals surface area contributed by atoms with Crippen LogP contribution in [0.15, 0.2) is 0 Å². The average Bonchev–Trinajstić information content (AvgIpc) is 2.43. The Morgan fingerprint density at radius 1 is 1.26 bits per heavy atom. The van der Waals surface area contributed by atoms with Crippen LogP contribution in [0, 0.1) is 6.92 Å². The minimum atomic E-state index is 0.608. The number of nitrogen functional groups attached to an aromatic ring is 1. The van der Waals surface area contributed by atoms with Crippen molar-refractivity contribution < 1.29 is 0 Å². The largest absolute Gasteiger partial charge is 0.383 e. The van der Waals surface area contributed by atoms with Gasteiger partial charge in [-0.3, -0.25) is 0 Å². The fourth-order valence-corrected chi connectivity index (χ4v) is 2.89. The van der Waals surface area contributed by atoms with E-state index in [0.29, 0.717) is 11.9 Å². The maximum atomic E-state index is 6.07. The summed E-state index contributed by atoms with van der Waals surface area (Å²) >= 11 is 0. The van der Waals surface area contributed by atoms with Crippen molar-refractivity contribution in [2.45, 2.75) is 65.3 Å². The van der Waals surface area contributed by atoms with Gasteiger partial charge in [0.25, 0.3) is 0 Å². The summed E-state index contributed by atoms with van der Waals surface area (Å²) in [7, 11) is 0. The highest BCUT2D eigenvalue weighted by Gasteiger charge is 2.24. The molecule has 0 amide bonds. The van der Waals surface area contributed by atoms with E-state index >= 15 is 0 Å². The third-order valence-corrected chi connectivity index (χ3v) is 4.05. The smallest absolute Gasteiger partial charge is 0.137 e. The van der Waals surface area contributed by atoms with Gasteiger partial charge >= 0.3 is 0 Å². The lowest BCUT2D eigenvalue weighted by molar-refractivity contribution is 0.445. The molecule has 19 heavy (non-hydrogen) atoms. The van der Waals surface area contributed by atoms with Crippen molar-refractivity contribution in [3.05, 3.63) is 11.4 Å². The molecule has 0 aromatic carbocycles. The van der Waals surface area contributed by atoms with E-state index in [0.717, 1.165) is 36.6 Å². The molecule has 2 heterocycles. The van der Waals surface area contributed by atoms with Gasteiger partial charge in [-0.25, -0.2) is 9.97 Å². The minimum absolute atomic E-state index is 0.608. The van der Waals surface area contributed by atoms with Crippen molar-refractivity contribution in [3.8, 4) is 0 Å². The molecule has 1 atom stereocenters. The summed E-state index contributed by atoms with van der Waals surface area (Å²) in [6.07, 6.45) is 6.98. The molecule has 0 spiro atoms. The maximum Gasteiger partial charge on any atom is 0.137 e. The van der Waals surface area contributed by atoms with Crippen LogP contribution >= 0.6 is 0 Å². The van der Waals surface area contributed by atoms with Crippen molar-refractivity contribution in [1.82, 2.24) is 9.97 Å². The molecule has 0 radical (unpaired) electrons. The lowest BCUT2D eigenvalue weighted by Crippen LogP contribution is -2.40. The summed E-state index contributed by atoms with van der Waals surface area (Å²) < 4.78 is 0. The van der Waals surface area contributed by atoms with Gasteiger partial charge in [0.2, 0.25) is 0 Å². The molecule has 1 fully saturated rings. The van der Waals surface area contributed by atoms with Crippen LogP contribution in [0.4, 0.5) is 11.6 Å². The molecule has 1 aliphatic rings. The molecule has 1 saturated heterocycles. The molecule has 1 aliphatic heterocycles. The summed E-state index contributed by atoms with van der Waals surface area (Å²) in [5, 5.41) is 0. The SMILES string of the molecule is CCCc1nc(N)c(C)c(N2CCCCC2CC)n1. The zero-order valence-corrected chi connectivity index (χ0v) is 12.4. The summed E-state index contributed by atoms with van der Waals surface area (Å²) in [5.41, 5.74) is 7.11. The Labute approximate surface area is 116 Å². The van der Waals surface area contributed by atoms with Gasteiger partial charge in [-0.2, -0.15) is 0 Å². The van der Waals surface area contributed by atoms with Gasteiger partial charge in [-0.05, 0) is 39.0 Å². The van der Waals surface area contributed by atoms with Crippen LogP contribution in [-0.2, 0) is 6.42 Å². The van der Waals surface area contributed by atoms with Crippen LogP contribution in [0.3, 0.4) is 0 Å².